The smallest absolute Gasteiger partial charge is 0.130 e. The summed E-state index contributed by atoms with van der Waals surface area (Å²) >= 11 is 6.00. The molecule has 0 radical (unpaired) electrons. The third kappa shape index (κ3) is 2.03. The predicted octanol–water partition coefficient (Wildman–Crippen LogP) is 2.26. The van der Waals surface area contributed by atoms with Gasteiger partial charge in [0, 0.05) is 11.6 Å². The molecule has 0 aliphatic carbocycles. The van der Waals surface area contributed by atoms with Gasteiger partial charge in [-0.25, -0.2) is 0 Å². The Morgan fingerprint density at radius 3 is 3.00 bits per heavy atom. The zero-order chi connectivity index (χ0) is 10.7. The Morgan fingerprint density at radius 1 is 1.33 bits per heavy atom. The highest BCUT2D eigenvalue weighted by molar-refractivity contribution is 6.35. The molecule has 2 rings (SSSR count). The number of hydrogen-bond acceptors (Lipinski definition) is 3. The average molecular weight is 224 g/mol. The first-order valence-corrected chi connectivity index (χ1v) is 4.97. The van der Waals surface area contributed by atoms with Crippen LogP contribution in [0.5, 0.6) is 5.75 Å². The number of aliphatic hydroxyl groups is 1. The van der Waals surface area contributed by atoms with Crippen LogP contribution in [0.4, 0.5) is 0 Å². The molecule has 0 amide bonds. The molecule has 4 heteroatoms. The van der Waals surface area contributed by atoms with Crippen molar-refractivity contribution in [3.63, 3.8) is 0 Å². The molecule has 0 unspecified atom stereocenters. The van der Waals surface area contributed by atoms with Crippen LogP contribution in [-0.4, -0.2) is 23.3 Å². The lowest BCUT2D eigenvalue weighted by Gasteiger charge is -2.07. The Labute approximate surface area is 92.3 Å². The van der Waals surface area contributed by atoms with E-state index in [-0.39, 0.29) is 13.2 Å². The van der Waals surface area contributed by atoms with Gasteiger partial charge in [0.25, 0.3) is 0 Å². The molecule has 1 aromatic heterocycles. The van der Waals surface area contributed by atoms with Crippen LogP contribution >= 0.6 is 11.6 Å². The highest BCUT2D eigenvalue weighted by atomic mass is 35.5. The van der Waals surface area contributed by atoms with E-state index in [1.54, 1.807) is 18.3 Å². The maximum absolute atomic E-state index is 8.69. The Morgan fingerprint density at radius 2 is 2.20 bits per heavy atom. The summed E-state index contributed by atoms with van der Waals surface area (Å²) in [7, 11) is 0. The molecule has 0 spiro atoms. The van der Waals surface area contributed by atoms with Crippen LogP contribution in [0.25, 0.3) is 10.9 Å². The summed E-state index contributed by atoms with van der Waals surface area (Å²) in [5.41, 5.74) is 0.717. The molecular formula is C11H10ClNO2. The van der Waals surface area contributed by atoms with Gasteiger partial charge in [0.1, 0.15) is 12.4 Å². The second-order valence-corrected chi connectivity index (χ2v) is 3.42. The van der Waals surface area contributed by atoms with Crippen molar-refractivity contribution < 1.29 is 9.84 Å². The lowest BCUT2D eigenvalue weighted by atomic mass is 10.2. The molecule has 2 aromatic rings. The molecule has 0 aliphatic heterocycles. The number of pyridine rings is 1. The van der Waals surface area contributed by atoms with Crippen LogP contribution in [0.1, 0.15) is 0 Å². The van der Waals surface area contributed by atoms with E-state index in [2.05, 4.69) is 4.98 Å². The summed E-state index contributed by atoms with van der Waals surface area (Å²) in [4.78, 5) is 4.18. The van der Waals surface area contributed by atoms with Gasteiger partial charge in [-0.15, -0.1) is 0 Å². The molecular weight excluding hydrogens is 214 g/mol. The number of nitrogens with zero attached hydrogens (tertiary/aromatic N) is 1. The molecule has 0 saturated carbocycles. The molecule has 0 fully saturated rings. The van der Waals surface area contributed by atoms with E-state index in [0.29, 0.717) is 10.8 Å². The Hall–Kier alpha value is -1.32. The van der Waals surface area contributed by atoms with Gasteiger partial charge in [-0.3, -0.25) is 4.98 Å². The van der Waals surface area contributed by atoms with Gasteiger partial charge < -0.3 is 9.84 Å². The summed E-state index contributed by atoms with van der Waals surface area (Å²) in [6.45, 7) is 0.260. The number of para-hydroxylation sites is 1. The zero-order valence-corrected chi connectivity index (χ0v) is 8.74. The first-order valence-electron chi connectivity index (χ1n) is 4.60. The summed E-state index contributed by atoms with van der Waals surface area (Å²) in [6.07, 6.45) is 1.64. The Bertz CT molecular complexity index is 473. The molecule has 78 valence electrons. The lowest BCUT2D eigenvalue weighted by molar-refractivity contribution is 0.203. The van der Waals surface area contributed by atoms with Crippen molar-refractivity contribution >= 4 is 22.5 Å². The fourth-order valence-corrected chi connectivity index (χ4v) is 1.62. The van der Waals surface area contributed by atoms with Crippen molar-refractivity contribution in [3.05, 3.63) is 35.5 Å². The molecule has 3 nitrogen and oxygen atoms in total. The third-order valence-corrected chi connectivity index (χ3v) is 2.34. The van der Waals surface area contributed by atoms with E-state index in [1.165, 1.54) is 0 Å². The van der Waals surface area contributed by atoms with Crippen molar-refractivity contribution in [1.29, 1.82) is 0 Å². The number of aromatic nitrogens is 1. The van der Waals surface area contributed by atoms with E-state index in [0.717, 1.165) is 10.9 Å². The van der Waals surface area contributed by atoms with E-state index in [4.69, 9.17) is 21.4 Å². The average Bonchev–Trinajstić information content (AvgIpc) is 2.27. The fraction of sp³-hybridized carbons (Fsp3) is 0.182. The number of fused-ring (bicyclic) bond motifs is 1. The Kier molecular flexibility index (Phi) is 3.04. The highest BCUT2D eigenvalue weighted by Crippen LogP contribution is 2.28. The largest absolute Gasteiger partial charge is 0.490 e. The maximum Gasteiger partial charge on any atom is 0.130 e. The van der Waals surface area contributed by atoms with Gasteiger partial charge in [-0.2, -0.15) is 0 Å². The first-order chi connectivity index (χ1) is 7.33. The van der Waals surface area contributed by atoms with Gasteiger partial charge in [0.2, 0.25) is 0 Å². The van der Waals surface area contributed by atoms with Crippen molar-refractivity contribution in [2.45, 2.75) is 0 Å². The van der Waals surface area contributed by atoms with Crippen molar-refractivity contribution in [2.75, 3.05) is 13.2 Å². The molecule has 0 atom stereocenters. The standard InChI is InChI=1S/C11H10ClNO2/c12-9-3-1-2-8-10(15-7-6-14)4-5-13-11(8)9/h1-5,14H,6-7H2. The van der Waals surface area contributed by atoms with E-state index >= 15 is 0 Å². The van der Waals surface area contributed by atoms with Crippen molar-refractivity contribution in [3.8, 4) is 5.75 Å². The second kappa shape index (κ2) is 4.47. The Balaban J connectivity index is 2.51. The van der Waals surface area contributed by atoms with Crippen LogP contribution in [0.3, 0.4) is 0 Å². The number of rotatable bonds is 3. The van der Waals surface area contributed by atoms with Crippen molar-refractivity contribution in [1.82, 2.24) is 4.98 Å². The summed E-state index contributed by atoms with van der Waals surface area (Å²) < 4.78 is 5.37. The summed E-state index contributed by atoms with van der Waals surface area (Å²) in [5.74, 6) is 0.691. The van der Waals surface area contributed by atoms with Crippen LogP contribution in [0.2, 0.25) is 5.02 Å². The van der Waals surface area contributed by atoms with Crippen molar-refractivity contribution in [2.24, 2.45) is 0 Å². The predicted molar refractivity (Wildman–Crippen MR) is 59.3 cm³/mol. The van der Waals surface area contributed by atoms with E-state index in [1.807, 2.05) is 12.1 Å². The monoisotopic (exact) mass is 223 g/mol. The molecule has 0 saturated heterocycles. The molecule has 15 heavy (non-hydrogen) atoms. The molecule has 0 bridgehead atoms. The topological polar surface area (TPSA) is 42.4 Å². The van der Waals surface area contributed by atoms with E-state index < -0.39 is 0 Å². The third-order valence-electron chi connectivity index (χ3n) is 2.03. The quantitative estimate of drug-likeness (QED) is 0.868. The van der Waals surface area contributed by atoms with Gasteiger partial charge in [-0.05, 0) is 18.2 Å². The summed E-state index contributed by atoms with van der Waals surface area (Å²) in [6, 6.07) is 7.28. The van der Waals surface area contributed by atoms with Crippen LogP contribution in [-0.2, 0) is 0 Å². The number of aliphatic hydroxyl groups excluding tert-OH is 1. The summed E-state index contributed by atoms with van der Waals surface area (Å²) in [5, 5.41) is 10.1. The minimum absolute atomic E-state index is 0.00954. The maximum atomic E-state index is 8.69. The van der Waals surface area contributed by atoms with Crippen LogP contribution in [0, 0.1) is 0 Å². The molecule has 1 N–H and O–H groups in total. The van der Waals surface area contributed by atoms with Gasteiger partial charge in [0.05, 0.1) is 17.1 Å². The van der Waals surface area contributed by atoms with Gasteiger partial charge in [0.15, 0.2) is 0 Å². The second-order valence-electron chi connectivity index (χ2n) is 3.02. The number of halogens is 1. The fourth-order valence-electron chi connectivity index (χ4n) is 1.40. The normalized spacial score (nSPS) is 10.5. The van der Waals surface area contributed by atoms with Crippen LogP contribution < -0.4 is 4.74 Å². The van der Waals surface area contributed by atoms with Gasteiger partial charge >= 0.3 is 0 Å². The zero-order valence-electron chi connectivity index (χ0n) is 7.98. The molecule has 1 heterocycles. The van der Waals surface area contributed by atoms with Gasteiger partial charge in [-0.1, -0.05) is 17.7 Å². The van der Waals surface area contributed by atoms with Crippen LogP contribution in [0.15, 0.2) is 30.5 Å². The minimum atomic E-state index is -0.00954. The minimum Gasteiger partial charge on any atom is -0.490 e. The number of benzene rings is 1. The van der Waals surface area contributed by atoms with E-state index in [9.17, 15) is 0 Å². The highest BCUT2D eigenvalue weighted by Gasteiger charge is 2.04. The number of ether oxygens (including phenoxy) is 1. The number of hydrogen-bond donors (Lipinski definition) is 1. The lowest BCUT2D eigenvalue weighted by Crippen LogP contribution is -2.02. The molecule has 0 aliphatic rings. The SMILES string of the molecule is OCCOc1ccnc2c(Cl)cccc12. The molecule has 1 aromatic carbocycles. The first kappa shape index (κ1) is 10.2.